The van der Waals surface area contributed by atoms with Gasteiger partial charge in [-0.3, -0.25) is 24.1 Å². The third-order valence-electron chi connectivity index (χ3n) is 7.19. The fraction of sp³-hybridized carbons (Fsp3) is 0.321. The molecule has 0 bridgehead atoms. The van der Waals surface area contributed by atoms with E-state index in [1.54, 1.807) is 60.5 Å². The van der Waals surface area contributed by atoms with E-state index in [9.17, 15) is 29.1 Å². The average Bonchev–Trinajstić information content (AvgIpc) is 2.96. The molecule has 1 N–H and O–H groups in total. The standard InChI is InChI=1S/C28H26ClN3O8S.Na/c1-14(33)40-12-16-13-41-27-22(26(36)32(27)24(16)28(37)38)30-21(34)11-20-23(15-3-5-17(29)6-4-15)31(25(20)35)18-7-9-19(39-2)10-8-18;/h3-10,20,22-23,27H,11-13H2,1-2H3,(H,30,34)(H,37,38);/q;+1/p-1/t20?,22-,23?,27-;/m1./s1. The smallest absolute Gasteiger partial charge is 0.543 e. The van der Waals surface area contributed by atoms with E-state index in [0.717, 1.165) is 10.5 Å². The number of halogens is 1. The van der Waals surface area contributed by atoms with Crippen LogP contribution in [0.1, 0.15) is 24.9 Å². The molecule has 0 spiro atoms. The molecule has 0 aliphatic carbocycles. The minimum Gasteiger partial charge on any atom is -0.543 e. The maximum atomic E-state index is 13.3. The van der Waals surface area contributed by atoms with Crippen molar-refractivity contribution < 1.29 is 68.1 Å². The Hall–Kier alpha value is -3.03. The summed E-state index contributed by atoms with van der Waals surface area (Å²) in [6, 6.07) is 12.6. The second-order valence-electron chi connectivity index (χ2n) is 9.69. The van der Waals surface area contributed by atoms with Crippen LogP contribution in [0.15, 0.2) is 59.8 Å². The number of anilines is 1. The molecule has 11 nitrogen and oxygen atoms in total. The van der Waals surface area contributed by atoms with Gasteiger partial charge in [-0.25, -0.2) is 0 Å². The van der Waals surface area contributed by atoms with Crippen molar-refractivity contribution in [1.82, 2.24) is 10.2 Å². The minimum absolute atomic E-state index is 0. The summed E-state index contributed by atoms with van der Waals surface area (Å²) in [5.41, 5.74) is 1.32. The van der Waals surface area contributed by atoms with Crippen molar-refractivity contribution in [2.24, 2.45) is 5.92 Å². The maximum absolute atomic E-state index is 13.3. The summed E-state index contributed by atoms with van der Waals surface area (Å²) in [7, 11) is 1.55. The largest absolute Gasteiger partial charge is 1.00 e. The molecule has 2 aromatic carbocycles. The number of benzene rings is 2. The van der Waals surface area contributed by atoms with Crippen molar-refractivity contribution in [3.63, 3.8) is 0 Å². The Kier molecular flexibility index (Phi) is 9.94. The Morgan fingerprint density at radius 1 is 1.05 bits per heavy atom. The van der Waals surface area contributed by atoms with Gasteiger partial charge < -0.3 is 29.6 Å². The molecule has 14 heteroatoms. The quantitative estimate of drug-likeness (QED) is 0.199. The predicted octanol–water partition coefficient (Wildman–Crippen LogP) is -1.59. The number of ether oxygens (including phenoxy) is 2. The van der Waals surface area contributed by atoms with Crippen LogP contribution in [0.5, 0.6) is 5.75 Å². The van der Waals surface area contributed by atoms with Gasteiger partial charge in [0.2, 0.25) is 11.8 Å². The monoisotopic (exact) mass is 621 g/mol. The van der Waals surface area contributed by atoms with Gasteiger partial charge in [-0.2, -0.15) is 0 Å². The summed E-state index contributed by atoms with van der Waals surface area (Å²) < 4.78 is 10.1. The van der Waals surface area contributed by atoms with Crippen LogP contribution in [0.4, 0.5) is 5.69 Å². The van der Waals surface area contributed by atoms with Crippen molar-refractivity contribution in [2.75, 3.05) is 24.4 Å². The van der Waals surface area contributed by atoms with Crippen LogP contribution in [-0.4, -0.2) is 65.4 Å². The third kappa shape index (κ3) is 6.04. The summed E-state index contributed by atoms with van der Waals surface area (Å²) in [5.74, 6) is -3.43. The molecule has 2 saturated heterocycles. The molecule has 3 amide bonds. The molecule has 2 aromatic rings. The normalized spacial score (nSPS) is 22.7. The first kappa shape index (κ1) is 31.9. The van der Waals surface area contributed by atoms with Gasteiger partial charge in [0.25, 0.3) is 5.91 Å². The van der Waals surface area contributed by atoms with Crippen molar-refractivity contribution >= 4 is 58.7 Å². The van der Waals surface area contributed by atoms with Crippen LogP contribution in [0.3, 0.4) is 0 Å². The van der Waals surface area contributed by atoms with Gasteiger partial charge in [0.15, 0.2) is 0 Å². The number of amides is 3. The number of nitrogens with zero attached hydrogens (tertiary/aromatic N) is 2. The average molecular weight is 622 g/mol. The number of aliphatic carboxylic acids is 1. The molecule has 0 saturated carbocycles. The Labute approximate surface area is 272 Å². The molecule has 0 aromatic heterocycles. The van der Waals surface area contributed by atoms with Crippen molar-refractivity contribution in [3.8, 4) is 5.75 Å². The molecule has 3 aliphatic heterocycles. The third-order valence-corrected chi connectivity index (χ3v) is 8.78. The second-order valence-corrected chi connectivity index (χ2v) is 11.2. The first-order chi connectivity index (χ1) is 19.6. The number of carbonyl (C=O) groups is 5. The van der Waals surface area contributed by atoms with E-state index < -0.39 is 47.1 Å². The number of thioether (sulfide) groups is 1. The number of fused-ring (bicyclic) bond motifs is 1. The molecule has 5 rings (SSSR count). The van der Waals surface area contributed by atoms with Gasteiger partial charge in [-0.15, -0.1) is 11.8 Å². The van der Waals surface area contributed by atoms with Crippen molar-refractivity contribution in [3.05, 3.63) is 70.4 Å². The number of nitrogens with one attached hydrogen (secondary N) is 1. The van der Waals surface area contributed by atoms with E-state index in [0.29, 0.717) is 16.5 Å². The number of methoxy groups -OCH3 is 1. The molecule has 2 unspecified atom stereocenters. The maximum Gasteiger partial charge on any atom is 1.00 e. The molecule has 3 aliphatic rings. The molecular formula is C28H25ClN3NaO8S. The number of β-lactam (4-membered cyclic amide) rings is 2. The van der Waals surface area contributed by atoms with Gasteiger partial charge in [-0.05, 0) is 42.0 Å². The van der Waals surface area contributed by atoms with Crippen LogP contribution < -0.4 is 49.6 Å². The van der Waals surface area contributed by atoms with E-state index in [4.69, 9.17) is 21.1 Å². The number of carboxylic acids is 1. The van der Waals surface area contributed by atoms with Gasteiger partial charge in [0, 0.05) is 35.4 Å². The van der Waals surface area contributed by atoms with Crippen molar-refractivity contribution in [2.45, 2.75) is 30.8 Å². The molecule has 2 fully saturated rings. The molecular weight excluding hydrogens is 597 g/mol. The van der Waals surface area contributed by atoms with E-state index in [2.05, 4.69) is 5.32 Å². The first-order valence-corrected chi connectivity index (χ1v) is 14.1. The summed E-state index contributed by atoms with van der Waals surface area (Å²) in [6.07, 6.45) is -0.180. The molecule has 42 heavy (non-hydrogen) atoms. The summed E-state index contributed by atoms with van der Waals surface area (Å²) in [6.45, 7) is 0.915. The van der Waals surface area contributed by atoms with E-state index in [1.165, 1.54) is 18.7 Å². The van der Waals surface area contributed by atoms with Crippen LogP contribution >= 0.6 is 23.4 Å². The number of esters is 1. The Morgan fingerprint density at radius 2 is 1.71 bits per heavy atom. The zero-order chi connectivity index (χ0) is 29.4. The number of hydrogen-bond acceptors (Lipinski definition) is 9. The molecule has 214 valence electrons. The first-order valence-electron chi connectivity index (χ1n) is 12.6. The summed E-state index contributed by atoms with van der Waals surface area (Å²) in [5, 5.41) is 14.4. The van der Waals surface area contributed by atoms with Gasteiger partial charge >= 0.3 is 35.5 Å². The van der Waals surface area contributed by atoms with E-state index in [-0.39, 0.29) is 65.5 Å². The Bertz CT molecular complexity index is 1450. The van der Waals surface area contributed by atoms with E-state index in [1.807, 2.05) is 0 Å². The Balaban J connectivity index is 0.00000405. The van der Waals surface area contributed by atoms with E-state index >= 15 is 0 Å². The SMILES string of the molecule is COc1ccc(N2C(=O)C(CC(=O)N[C@@H]3C(=O)N4C(C(=O)[O-])=C(COC(C)=O)CS[C@H]34)C2c2ccc(Cl)cc2)cc1.[Na+]. The van der Waals surface area contributed by atoms with Crippen molar-refractivity contribution in [1.29, 1.82) is 0 Å². The van der Waals surface area contributed by atoms with Crippen LogP contribution in [0, 0.1) is 5.92 Å². The Morgan fingerprint density at radius 3 is 2.31 bits per heavy atom. The molecule has 0 radical (unpaired) electrons. The van der Waals surface area contributed by atoms with Crippen LogP contribution in [0.2, 0.25) is 5.02 Å². The predicted molar refractivity (Wildman–Crippen MR) is 146 cm³/mol. The number of rotatable bonds is 9. The topological polar surface area (TPSA) is 145 Å². The molecule has 3 heterocycles. The zero-order valence-electron chi connectivity index (χ0n) is 23.0. The van der Waals surface area contributed by atoms with Gasteiger partial charge in [0.05, 0.1) is 30.7 Å². The van der Waals surface area contributed by atoms with Gasteiger partial charge in [-0.1, -0.05) is 23.7 Å². The molecule has 4 atom stereocenters. The number of carboxylic acid groups (broad SMARTS) is 1. The van der Waals surface area contributed by atoms with Gasteiger partial charge in [0.1, 0.15) is 23.8 Å². The number of hydrogen-bond donors (Lipinski definition) is 1. The number of carbonyl (C=O) groups excluding carboxylic acids is 5. The minimum atomic E-state index is -1.57. The second kappa shape index (κ2) is 13.1. The fourth-order valence-electron chi connectivity index (χ4n) is 5.22. The summed E-state index contributed by atoms with van der Waals surface area (Å²) in [4.78, 5) is 65.0. The fourth-order valence-corrected chi connectivity index (χ4v) is 6.68. The summed E-state index contributed by atoms with van der Waals surface area (Å²) >= 11 is 7.31. The zero-order valence-corrected chi connectivity index (χ0v) is 26.6. The van der Waals surface area contributed by atoms with Crippen LogP contribution in [0.25, 0.3) is 0 Å². The van der Waals surface area contributed by atoms with Crippen LogP contribution in [-0.2, 0) is 28.7 Å².